The number of aryl methyl sites for hydroxylation is 1. The van der Waals surface area contributed by atoms with Gasteiger partial charge in [0.05, 0.1) is 5.75 Å². The van der Waals surface area contributed by atoms with Gasteiger partial charge in [0.25, 0.3) is 0 Å². The largest absolute Gasteiger partial charge is 0.356 e. The molecule has 8 nitrogen and oxygen atoms in total. The van der Waals surface area contributed by atoms with Gasteiger partial charge in [-0.2, -0.15) is 5.10 Å². The van der Waals surface area contributed by atoms with E-state index in [9.17, 15) is 8.42 Å². The number of halogens is 1. The summed E-state index contributed by atoms with van der Waals surface area (Å²) in [5.41, 5.74) is 0.929. The number of hydrogen-bond donors (Lipinski definition) is 3. The normalized spacial score (nSPS) is 11.7. The average molecular weight is 506 g/mol. The van der Waals surface area contributed by atoms with Crippen LogP contribution in [0.5, 0.6) is 0 Å². The van der Waals surface area contributed by atoms with Gasteiger partial charge in [0, 0.05) is 45.6 Å². The topological polar surface area (TPSA) is 100 Å². The van der Waals surface area contributed by atoms with Crippen molar-refractivity contribution < 1.29 is 8.42 Å². The first-order chi connectivity index (χ1) is 12.6. The van der Waals surface area contributed by atoms with Crippen molar-refractivity contribution in [3.8, 4) is 0 Å². The number of aliphatic imine (C=N–C) groups is 1. The lowest BCUT2D eigenvalue weighted by Gasteiger charge is -2.12. The van der Waals surface area contributed by atoms with E-state index in [1.54, 1.807) is 13.2 Å². The molecule has 3 N–H and O–H groups in total. The Morgan fingerprint density at radius 1 is 1.15 bits per heavy atom. The maximum Gasteiger partial charge on any atom is 0.213 e. The SMILES string of the molecule is CN=C(NCCCn1cccn1)NCCS(=O)(=O)NCc1ccccc1.I. The van der Waals surface area contributed by atoms with Crippen LogP contribution in [-0.4, -0.2) is 50.0 Å². The van der Waals surface area contributed by atoms with E-state index in [0.717, 1.165) is 25.1 Å². The van der Waals surface area contributed by atoms with E-state index in [-0.39, 0.29) is 36.3 Å². The highest BCUT2D eigenvalue weighted by Gasteiger charge is 2.10. The van der Waals surface area contributed by atoms with E-state index in [2.05, 4.69) is 25.4 Å². The lowest BCUT2D eigenvalue weighted by molar-refractivity contribution is 0.569. The zero-order valence-corrected chi connectivity index (χ0v) is 18.5. The van der Waals surface area contributed by atoms with Crippen LogP contribution in [-0.2, 0) is 23.1 Å². The number of hydrogen-bond acceptors (Lipinski definition) is 4. The maximum atomic E-state index is 12.0. The number of aromatic nitrogens is 2. The number of benzene rings is 1. The second-order valence-corrected chi connectivity index (χ2v) is 7.60. The van der Waals surface area contributed by atoms with Crippen molar-refractivity contribution >= 4 is 40.0 Å². The lowest BCUT2D eigenvalue weighted by Crippen LogP contribution is -2.41. The smallest absolute Gasteiger partial charge is 0.213 e. The van der Waals surface area contributed by atoms with Gasteiger partial charge in [-0.3, -0.25) is 9.67 Å². The molecule has 0 saturated carbocycles. The number of rotatable bonds is 10. The van der Waals surface area contributed by atoms with Crippen LogP contribution in [0.3, 0.4) is 0 Å². The zero-order chi connectivity index (χ0) is 18.7. The van der Waals surface area contributed by atoms with Gasteiger partial charge in [-0.1, -0.05) is 30.3 Å². The van der Waals surface area contributed by atoms with Gasteiger partial charge in [-0.15, -0.1) is 24.0 Å². The molecule has 0 aliphatic heterocycles. The Kier molecular flexibility index (Phi) is 11.0. The molecule has 0 radical (unpaired) electrons. The first-order valence-electron chi connectivity index (χ1n) is 8.52. The van der Waals surface area contributed by atoms with Crippen LogP contribution in [0.1, 0.15) is 12.0 Å². The second kappa shape index (κ2) is 12.7. The zero-order valence-electron chi connectivity index (χ0n) is 15.3. The Morgan fingerprint density at radius 2 is 1.89 bits per heavy atom. The third-order valence-corrected chi connectivity index (χ3v) is 4.97. The predicted octanol–water partition coefficient (Wildman–Crippen LogP) is 1.18. The number of nitrogens with one attached hydrogen (secondary N) is 3. The summed E-state index contributed by atoms with van der Waals surface area (Å²) in [6, 6.07) is 11.3. The van der Waals surface area contributed by atoms with E-state index in [0.29, 0.717) is 12.5 Å². The first kappa shape index (κ1) is 23.4. The minimum atomic E-state index is -3.35. The van der Waals surface area contributed by atoms with Crippen molar-refractivity contribution in [3.05, 3.63) is 54.4 Å². The van der Waals surface area contributed by atoms with Crippen molar-refractivity contribution in [2.75, 3.05) is 25.9 Å². The van der Waals surface area contributed by atoms with Crippen molar-refractivity contribution in [2.45, 2.75) is 19.5 Å². The van der Waals surface area contributed by atoms with Crippen LogP contribution >= 0.6 is 24.0 Å². The first-order valence-corrected chi connectivity index (χ1v) is 10.2. The Morgan fingerprint density at radius 3 is 2.56 bits per heavy atom. The van der Waals surface area contributed by atoms with Gasteiger partial charge in [0.1, 0.15) is 0 Å². The van der Waals surface area contributed by atoms with Crippen LogP contribution in [0.2, 0.25) is 0 Å². The Hall–Kier alpha value is -1.66. The van der Waals surface area contributed by atoms with E-state index in [1.165, 1.54) is 0 Å². The quantitative estimate of drug-likeness (QED) is 0.195. The molecule has 2 aromatic rings. The minimum absolute atomic E-state index is 0. The third kappa shape index (κ3) is 9.73. The van der Waals surface area contributed by atoms with Crippen LogP contribution in [0.4, 0.5) is 0 Å². The van der Waals surface area contributed by atoms with Gasteiger partial charge in [0.2, 0.25) is 10.0 Å². The molecule has 0 amide bonds. The highest BCUT2D eigenvalue weighted by molar-refractivity contribution is 14.0. The lowest BCUT2D eigenvalue weighted by atomic mass is 10.2. The molecule has 0 aliphatic carbocycles. The summed E-state index contributed by atoms with van der Waals surface area (Å²) in [5, 5.41) is 10.3. The summed E-state index contributed by atoms with van der Waals surface area (Å²) < 4.78 is 28.5. The summed E-state index contributed by atoms with van der Waals surface area (Å²) in [6.07, 6.45) is 4.56. The third-order valence-electron chi connectivity index (χ3n) is 3.64. The molecule has 2 rings (SSSR count). The van der Waals surface area contributed by atoms with Crippen molar-refractivity contribution in [3.63, 3.8) is 0 Å². The molecule has 0 saturated heterocycles. The molecule has 27 heavy (non-hydrogen) atoms. The molecule has 0 spiro atoms. The van der Waals surface area contributed by atoms with E-state index in [4.69, 9.17) is 0 Å². The standard InChI is InChI=1S/C17H26N6O2S.HI/c1-18-17(19-9-5-12-23-13-6-10-21-23)20-11-14-26(24,25)22-15-16-7-3-2-4-8-16;/h2-4,6-8,10,13,22H,5,9,11-12,14-15H2,1H3,(H2,18,19,20);1H. The molecule has 0 unspecified atom stereocenters. The Balaban J connectivity index is 0.00000364. The molecule has 0 fully saturated rings. The maximum absolute atomic E-state index is 12.0. The highest BCUT2D eigenvalue weighted by atomic mass is 127. The van der Waals surface area contributed by atoms with Crippen molar-refractivity contribution in [1.29, 1.82) is 0 Å². The van der Waals surface area contributed by atoms with E-state index < -0.39 is 10.0 Å². The fourth-order valence-corrected chi connectivity index (χ4v) is 3.17. The Labute approximate surface area is 177 Å². The fraction of sp³-hybridized carbons (Fsp3) is 0.412. The van der Waals surface area contributed by atoms with Crippen LogP contribution in [0, 0.1) is 0 Å². The average Bonchev–Trinajstić information content (AvgIpc) is 3.16. The van der Waals surface area contributed by atoms with Gasteiger partial charge in [0.15, 0.2) is 5.96 Å². The summed E-state index contributed by atoms with van der Waals surface area (Å²) in [4.78, 5) is 4.09. The Bertz CT molecular complexity index is 766. The van der Waals surface area contributed by atoms with Gasteiger partial charge in [-0.25, -0.2) is 13.1 Å². The number of guanidine groups is 1. The molecular formula is C17H27IN6O2S. The molecule has 1 aromatic heterocycles. The number of sulfonamides is 1. The summed E-state index contributed by atoms with van der Waals surface area (Å²) in [6.45, 7) is 2.11. The van der Waals surface area contributed by atoms with Gasteiger partial charge in [-0.05, 0) is 18.1 Å². The molecule has 1 aromatic carbocycles. The molecule has 150 valence electrons. The summed E-state index contributed by atoms with van der Waals surface area (Å²) in [7, 11) is -1.69. The number of nitrogens with zero attached hydrogens (tertiary/aromatic N) is 3. The molecule has 10 heteroatoms. The molecule has 0 atom stereocenters. The minimum Gasteiger partial charge on any atom is -0.356 e. The summed E-state index contributed by atoms with van der Waals surface area (Å²) >= 11 is 0. The molecule has 0 bridgehead atoms. The predicted molar refractivity (Wildman–Crippen MR) is 119 cm³/mol. The summed E-state index contributed by atoms with van der Waals surface area (Å²) in [5.74, 6) is 0.567. The van der Waals surface area contributed by atoms with Gasteiger partial charge >= 0.3 is 0 Å². The van der Waals surface area contributed by atoms with Crippen LogP contribution in [0.15, 0.2) is 53.8 Å². The molecule has 0 aliphatic rings. The fourth-order valence-electron chi connectivity index (χ4n) is 2.27. The van der Waals surface area contributed by atoms with E-state index in [1.807, 2.05) is 47.3 Å². The van der Waals surface area contributed by atoms with Crippen LogP contribution in [0.25, 0.3) is 0 Å². The highest BCUT2D eigenvalue weighted by Crippen LogP contribution is 1.98. The van der Waals surface area contributed by atoms with Gasteiger partial charge < -0.3 is 10.6 Å². The monoisotopic (exact) mass is 506 g/mol. The molecule has 1 heterocycles. The second-order valence-electron chi connectivity index (χ2n) is 5.67. The van der Waals surface area contributed by atoms with Crippen molar-refractivity contribution in [1.82, 2.24) is 25.1 Å². The van der Waals surface area contributed by atoms with Crippen LogP contribution < -0.4 is 15.4 Å². The molecular weight excluding hydrogens is 479 g/mol. The van der Waals surface area contributed by atoms with E-state index >= 15 is 0 Å². The van der Waals surface area contributed by atoms with Crippen molar-refractivity contribution in [2.24, 2.45) is 4.99 Å².